The largest absolute Gasteiger partial charge is 0.378 e. The minimum Gasteiger partial charge on any atom is -0.378 e. The maximum Gasteiger partial charge on any atom is 0.225 e. The summed E-state index contributed by atoms with van der Waals surface area (Å²) < 4.78 is 5.31. The third-order valence-electron chi connectivity index (χ3n) is 5.71. The Morgan fingerprint density at radius 3 is 2.13 bits per heavy atom. The van der Waals surface area contributed by atoms with E-state index < -0.39 is 0 Å². The summed E-state index contributed by atoms with van der Waals surface area (Å²) in [7, 11) is 0. The summed E-state index contributed by atoms with van der Waals surface area (Å²) in [6, 6.07) is 0. The van der Waals surface area contributed by atoms with Crippen LogP contribution >= 0.6 is 0 Å². The summed E-state index contributed by atoms with van der Waals surface area (Å²) in [6.45, 7) is 4.27. The zero-order chi connectivity index (χ0) is 16.1. The Labute approximate surface area is 139 Å². The smallest absolute Gasteiger partial charge is 0.225 e. The Morgan fingerprint density at radius 2 is 1.48 bits per heavy atom. The van der Waals surface area contributed by atoms with E-state index in [9.17, 15) is 9.59 Å². The molecular formula is C18H30N2O3. The van der Waals surface area contributed by atoms with E-state index in [-0.39, 0.29) is 11.8 Å². The third kappa shape index (κ3) is 4.46. The van der Waals surface area contributed by atoms with Crippen LogP contribution in [0.4, 0.5) is 0 Å². The van der Waals surface area contributed by atoms with Gasteiger partial charge in [-0.2, -0.15) is 0 Å². The van der Waals surface area contributed by atoms with E-state index in [0.717, 1.165) is 45.4 Å². The van der Waals surface area contributed by atoms with Crippen LogP contribution in [0.2, 0.25) is 0 Å². The van der Waals surface area contributed by atoms with Crippen LogP contribution in [-0.4, -0.2) is 61.0 Å². The Balaban J connectivity index is 1.42. The second-order valence-corrected chi connectivity index (χ2v) is 7.30. The molecular weight excluding hydrogens is 292 g/mol. The Kier molecular flexibility index (Phi) is 5.92. The van der Waals surface area contributed by atoms with Gasteiger partial charge in [0, 0.05) is 38.5 Å². The van der Waals surface area contributed by atoms with Crippen molar-refractivity contribution in [3.63, 3.8) is 0 Å². The molecule has 0 atom stereocenters. The number of carbonyl (C=O) groups excluding carboxylic acids is 2. The van der Waals surface area contributed by atoms with Gasteiger partial charge in [0.15, 0.2) is 0 Å². The molecule has 2 amide bonds. The van der Waals surface area contributed by atoms with Gasteiger partial charge in [0.05, 0.1) is 13.2 Å². The van der Waals surface area contributed by atoms with Crippen LogP contribution in [0.15, 0.2) is 0 Å². The van der Waals surface area contributed by atoms with E-state index >= 15 is 0 Å². The van der Waals surface area contributed by atoms with Crippen molar-refractivity contribution in [2.24, 2.45) is 11.8 Å². The van der Waals surface area contributed by atoms with Gasteiger partial charge in [-0.05, 0) is 31.6 Å². The lowest BCUT2D eigenvalue weighted by Gasteiger charge is -2.36. The maximum atomic E-state index is 12.5. The summed E-state index contributed by atoms with van der Waals surface area (Å²) in [5, 5.41) is 0. The standard InChI is InChI=1S/C18H30N2O3/c21-17(14-15-4-2-1-3-5-15)19-8-6-16(7-9-19)18(22)20-10-12-23-13-11-20/h15-16H,1-14H2. The molecule has 0 spiro atoms. The van der Waals surface area contributed by atoms with Crippen molar-refractivity contribution in [3.05, 3.63) is 0 Å². The van der Waals surface area contributed by atoms with Gasteiger partial charge >= 0.3 is 0 Å². The Bertz CT molecular complexity index is 406. The molecule has 3 rings (SSSR count). The van der Waals surface area contributed by atoms with Crippen LogP contribution in [-0.2, 0) is 14.3 Å². The van der Waals surface area contributed by atoms with Gasteiger partial charge in [-0.15, -0.1) is 0 Å². The minimum absolute atomic E-state index is 0.104. The number of carbonyl (C=O) groups is 2. The first-order valence-corrected chi connectivity index (χ1v) is 9.38. The molecule has 2 aliphatic heterocycles. The van der Waals surface area contributed by atoms with Crippen molar-refractivity contribution in [3.8, 4) is 0 Å². The van der Waals surface area contributed by atoms with E-state index in [2.05, 4.69) is 0 Å². The Morgan fingerprint density at radius 1 is 0.826 bits per heavy atom. The average molecular weight is 322 g/mol. The summed E-state index contributed by atoms with van der Waals surface area (Å²) in [5.74, 6) is 1.29. The molecule has 1 aliphatic carbocycles. The molecule has 0 aromatic rings. The highest BCUT2D eigenvalue weighted by Crippen LogP contribution is 2.28. The van der Waals surface area contributed by atoms with Crippen molar-refractivity contribution in [2.45, 2.75) is 51.4 Å². The predicted molar refractivity (Wildman–Crippen MR) is 87.9 cm³/mol. The number of likely N-dealkylation sites (tertiary alicyclic amines) is 1. The molecule has 0 unspecified atom stereocenters. The van der Waals surface area contributed by atoms with Crippen LogP contribution in [0, 0.1) is 11.8 Å². The van der Waals surface area contributed by atoms with E-state index in [1.807, 2.05) is 9.80 Å². The summed E-state index contributed by atoms with van der Waals surface area (Å²) in [5.41, 5.74) is 0. The number of hydrogen-bond donors (Lipinski definition) is 0. The van der Waals surface area contributed by atoms with Crippen molar-refractivity contribution < 1.29 is 14.3 Å². The van der Waals surface area contributed by atoms with Gasteiger partial charge < -0.3 is 14.5 Å². The maximum absolute atomic E-state index is 12.5. The van der Waals surface area contributed by atoms with Gasteiger partial charge in [0.1, 0.15) is 0 Å². The minimum atomic E-state index is 0.104. The quantitative estimate of drug-likeness (QED) is 0.799. The van der Waals surface area contributed by atoms with Crippen molar-refractivity contribution >= 4 is 11.8 Å². The molecule has 0 aromatic carbocycles. The molecule has 5 nitrogen and oxygen atoms in total. The fraction of sp³-hybridized carbons (Fsp3) is 0.889. The fourth-order valence-electron chi connectivity index (χ4n) is 4.19. The first-order chi connectivity index (χ1) is 11.2. The lowest BCUT2D eigenvalue weighted by molar-refractivity contribution is -0.144. The molecule has 130 valence electrons. The number of amides is 2. The SMILES string of the molecule is O=C(CC1CCCCC1)N1CCC(C(=O)N2CCOCC2)CC1. The van der Waals surface area contributed by atoms with E-state index in [1.165, 1.54) is 32.1 Å². The first kappa shape index (κ1) is 16.7. The molecule has 5 heteroatoms. The lowest BCUT2D eigenvalue weighted by Crippen LogP contribution is -2.47. The topological polar surface area (TPSA) is 49.9 Å². The molecule has 0 aromatic heterocycles. The first-order valence-electron chi connectivity index (χ1n) is 9.38. The molecule has 0 bridgehead atoms. The van der Waals surface area contributed by atoms with Gasteiger partial charge in [-0.1, -0.05) is 19.3 Å². The second-order valence-electron chi connectivity index (χ2n) is 7.30. The fourth-order valence-corrected chi connectivity index (χ4v) is 4.19. The van der Waals surface area contributed by atoms with Gasteiger partial charge in [-0.3, -0.25) is 9.59 Å². The predicted octanol–water partition coefficient (Wildman–Crippen LogP) is 2.05. The van der Waals surface area contributed by atoms with Crippen molar-refractivity contribution in [2.75, 3.05) is 39.4 Å². The number of rotatable bonds is 3. The van der Waals surface area contributed by atoms with Crippen LogP contribution in [0.5, 0.6) is 0 Å². The average Bonchev–Trinajstić information content (AvgIpc) is 2.63. The van der Waals surface area contributed by atoms with Crippen molar-refractivity contribution in [1.82, 2.24) is 9.80 Å². The molecule has 0 N–H and O–H groups in total. The van der Waals surface area contributed by atoms with Crippen molar-refractivity contribution in [1.29, 1.82) is 0 Å². The van der Waals surface area contributed by atoms with Crippen LogP contribution in [0.25, 0.3) is 0 Å². The molecule has 1 saturated carbocycles. The lowest BCUT2D eigenvalue weighted by atomic mass is 9.86. The molecule has 0 radical (unpaired) electrons. The summed E-state index contributed by atoms with van der Waals surface area (Å²) in [4.78, 5) is 28.9. The van der Waals surface area contributed by atoms with Crippen LogP contribution in [0.1, 0.15) is 51.4 Å². The highest BCUT2D eigenvalue weighted by atomic mass is 16.5. The highest BCUT2D eigenvalue weighted by Gasteiger charge is 2.31. The number of morpholine rings is 1. The molecule has 3 fully saturated rings. The van der Waals surface area contributed by atoms with E-state index in [1.54, 1.807) is 0 Å². The zero-order valence-electron chi connectivity index (χ0n) is 14.2. The van der Waals surface area contributed by atoms with E-state index in [0.29, 0.717) is 25.0 Å². The van der Waals surface area contributed by atoms with Gasteiger partial charge in [-0.25, -0.2) is 0 Å². The summed E-state index contributed by atoms with van der Waals surface area (Å²) in [6.07, 6.45) is 8.72. The van der Waals surface area contributed by atoms with Crippen LogP contribution in [0.3, 0.4) is 0 Å². The summed E-state index contributed by atoms with van der Waals surface area (Å²) >= 11 is 0. The zero-order valence-corrected chi connectivity index (χ0v) is 14.2. The number of hydrogen-bond acceptors (Lipinski definition) is 3. The highest BCUT2D eigenvalue weighted by molar-refractivity contribution is 5.80. The molecule has 23 heavy (non-hydrogen) atoms. The molecule has 2 heterocycles. The molecule has 3 aliphatic rings. The normalized spacial score (nSPS) is 24.7. The van der Waals surface area contributed by atoms with Gasteiger partial charge in [0.2, 0.25) is 11.8 Å². The van der Waals surface area contributed by atoms with Gasteiger partial charge in [0.25, 0.3) is 0 Å². The number of piperidine rings is 1. The van der Waals surface area contributed by atoms with E-state index in [4.69, 9.17) is 4.74 Å². The number of nitrogens with zero attached hydrogens (tertiary/aromatic N) is 2. The Hall–Kier alpha value is -1.10. The molecule has 2 saturated heterocycles. The monoisotopic (exact) mass is 322 g/mol. The number of ether oxygens (including phenoxy) is 1. The third-order valence-corrected chi connectivity index (χ3v) is 5.71. The second kappa shape index (κ2) is 8.13. The van der Waals surface area contributed by atoms with Crippen LogP contribution < -0.4 is 0 Å².